The number of rotatable bonds is 14. The van der Waals surface area contributed by atoms with E-state index in [0.717, 1.165) is 0 Å². The number of amides is 2. The summed E-state index contributed by atoms with van der Waals surface area (Å²) in [5.74, 6) is -1.10. The van der Waals surface area contributed by atoms with Crippen LogP contribution < -0.4 is 10.6 Å². The van der Waals surface area contributed by atoms with E-state index in [4.69, 9.17) is 0 Å². The Kier molecular flexibility index (Phi) is 11.1. The van der Waals surface area contributed by atoms with Gasteiger partial charge in [0, 0.05) is 0 Å². The number of carbonyl (C=O) groups is 2. The van der Waals surface area contributed by atoms with Gasteiger partial charge in [-0.15, -0.1) is 0 Å². The molecule has 0 atom stereocenters. The molecular formula is C20H40N4O6. The van der Waals surface area contributed by atoms with Crippen molar-refractivity contribution < 1.29 is 30.0 Å². The van der Waals surface area contributed by atoms with Gasteiger partial charge in [0.15, 0.2) is 11.1 Å². The highest BCUT2D eigenvalue weighted by atomic mass is 16.3. The molecule has 2 amide bonds. The molecule has 0 bridgehead atoms. The number of nitrogens with one attached hydrogen (secondary N) is 2. The van der Waals surface area contributed by atoms with E-state index in [1.807, 2.05) is 13.8 Å². The first-order chi connectivity index (χ1) is 13.8. The van der Waals surface area contributed by atoms with E-state index in [1.54, 1.807) is 0 Å². The minimum absolute atomic E-state index is 0.384. The Balaban J connectivity index is 5.45. The van der Waals surface area contributed by atoms with E-state index in [-0.39, 0.29) is 0 Å². The monoisotopic (exact) mass is 432 g/mol. The van der Waals surface area contributed by atoms with Crippen molar-refractivity contribution in [3.63, 3.8) is 0 Å². The van der Waals surface area contributed by atoms with Crippen LogP contribution in [0.3, 0.4) is 0 Å². The minimum Gasteiger partial charge on any atom is -0.394 e. The van der Waals surface area contributed by atoms with Crippen LogP contribution in [-0.2, 0) is 9.59 Å². The Bertz CT molecular complexity index is 534. The van der Waals surface area contributed by atoms with E-state index in [1.165, 1.54) is 27.7 Å². The van der Waals surface area contributed by atoms with E-state index < -0.39 is 60.4 Å². The van der Waals surface area contributed by atoms with Gasteiger partial charge in [-0.3, -0.25) is 9.59 Å². The molecule has 0 aliphatic rings. The van der Waals surface area contributed by atoms with Gasteiger partial charge in [-0.1, -0.05) is 26.7 Å². The largest absolute Gasteiger partial charge is 0.394 e. The van der Waals surface area contributed by atoms with Crippen molar-refractivity contribution in [2.75, 3.05) is 26.4 Å². The molecule has 176 valence electrons. The fourth-order valence-electron chi connectivity index (χ4n) is 2.78. The van der Waals surface area contributed by atoms with Crippen molar-refractivity contribution in [3.8, 4) is 0 Å². The maximum Gasteiger partial charge on any atom is 0.249 e. The molecule has 0 aliphatic carbocycles. The first-order valence-corrected chi connectivity index (χ1v) is 10.4. The Labute approximate surface area is 179 Å². The molecular weight excluding hydrogens is 392 g/mol. The number of carbonyl (C=O) groups excluding carboxylic acids is 2. The number of hydrogen-bond acceptors (Lipinski definition) is 8. The average molecular weight is 433 g/mol. The maximum atomic E-state index is 12.7. The van der Waals surface area contributed by atoms with Crippen LogP contribution in [0.25, 0.3) is 0 Å². The predicted octanol–water partition coefficient (Wildman–Crippen LogP) is 0.275. The molecule has 0 heterocycles. The number of aliphatic hydroxyl groups is 4. The smallest absolute Gasteiger partial charge is 0.249 e. The lowest BCUT2D eigenvalue weighted by Gasteiger charge is -2.34. The summed E-state index contributed by atoms with van der Waals surface area (Å²) in [7, 11) is 0. The predicted molar refractivity (Wildman–Crippen MR) is 113 cm³/mol. The van der Waals surface area contributed by atoms with Crippen LogP contribution in [0, 0.1) is 0 Å². The van der Waals surface area contributed by atoms with Crippen LogP contribution in [0.2, 0.25) is 0 Å². The van der Waals surface area contributed by atoms with Crippen molar-refractivity contribution in [1.82, 2.24) is 10.6 Å². The molecule has 10 nitrogen and oxygen atoms in total. The fourth-order valence-corrected chi connectivity index (χ4v) is 2.78. The van der Waals surface area contributed by atoms with Gasteiger partial charge in [0.25, 0.3) is 0 Å². The molecule has 0 saturated carbocycles. The number of hydrogen-bond donors (Lipinski definition) is 6. The van der Waals surface area contributed by atoms with Gasteiger partial charge in [0.1, 0.15) is 0 Å². The standard InChI is InChI=1S/C20H40N4O6/c1-7-9-19(11-25,12-26)21-15(29)17(3,4)23-24-18(5,6)16(30)22-20(13-27,14-28)10-8-2/h25-28H,7-14H2,1-6H3,(H,21,29)(H,22,30). The Morgan fingerprint density at radius 2 is 0.933 bits per heavy atom. The van der Waals surface area contributed by atoms with Crippen molar-refractivity contribution in [3.05, 3.63) is 0 Å². The van der Waals surface area contributed by atoms with Crippen LogP contribution in [-0.4, -0.2) is 80.8 Å². The Morgan fingerprint density at radius 3 is 1.13 bits per heavy atom. The third-order valence-corrected chi connectivity index (χ3v) is 5.09. The molecule has 0 fully saturated rings. The van der Waals surface area contributed by atoms with Gasteiger partial charge in [-0.25, -0.2) is 0 Å². The number of azo groups is 1. The third kappa shape index (κ3) is 7.57. The Hall–Kier alpha value is -1.62. The molecule has 0 aromatic carbocycles. The van der Waals surface area contributed by atoms with Gasteiger partial charge < -0.3 is 31.1 Å². The molecule has 0 rings (SSSR count). The number of nitrogens with zero attached hydrogens (tertiary/aromatic N) is 2. The summed E-state index contributed by atoms with van der Waals surface area (Å²) in [6.07, 6.45) is 2.06. The molecule has 0 spiro atoms. The van der Waals surface area contributed by atoms with E-state index in [0.29, 0.717) is 25.7 Å². The third-order valence-electron chi connectivity index (χ3n) is 5.09. The molecule has 0 saturated heterocycles. The lowest BCUT2D eigenvalue weighted by Crippen LogP contribution is -2.59. The van der Waals surface area contributed by atoms with Crippen molar-refractivity contribution in [1.29, 1.82) is 0 Å². The van der Waals surface area contributed by atoms with Crippen LogP contribution in [0.1, 0.15) is 67.2 Å². The fraction of sp³-hybridized carbons (Fsp3) is 0.900. The minimum atomic E-state index is -1.37. The molecule has 10 heteroatoms. The normalized spacial score (nSPS) is 13.5. The summed E-state index contributed by atoms with van der Waals surface area (Å²) in [5.41, 5.74) is -5.05. The van der Waals surface area contributed by atoms with Crippen molar-refractivity contribution in [2.24, 2.45) is 10.2 Å². The van der Waals surface area contributed by atoms with E-state index in [9.17, 15) is 30.0 Å². The van der Waals surface area contributed by atoms with Gasteiger partial charge >= 0.3 is 0 Å². The second-order valence-corrected chi connectivity index (χ2v) is 8.92. The summed E-state index contributed by atoms with van der Waals surface area (Å²) >= 11 is 0. The molecule has 0 radical (unpaired) electrons. The van der Waals surface area contributed by atoms with Crippen molar-refractivity contribution >= 4 is 11.8 Å². The van der Waals surface area contributed by atoms with Crippen molar-refractivity contribution in [2.45, 2.75) is 89.4 Å². The number of aliphatic hydroxyl groups excluding tert-OH is 4. The SMILES string of the molecule is CCCC(CO)(CO)NC(=O)C(C)(C)N=NC(C)(C)C(=O)NC(CO)(CO)CCC. The zero-order valence-electron chi connectivity index (χ0n) is 19.2. The average Bonchev–Trinajstić information content (AvgIpc) is 2.71. The van der Waals surface area contributed by atoms with Crippen LogP contribution >= 0.6 is 0 Å². The van der Waals surface area contributed by atoms with Crippen LogP contribution in [0.15, 0.2) is 10.2 Å². The highest BCUT2D eigenvalue weighted by Crippen LogP contribution is 2.21. The van der Waals surface area contributed by atoms with Crippen LogP contribution in [0.4, 0.5) is 0 Å². The maximum absolute atomic E-state index is 12.7. The molecule has 30 heavy (non-hydrogen) atoms. The summed E-state index contributed by atoms with van der Waals surface area (Å²) in [6.45, 7) is 8.08. The summed E-state index contributed by atoms with van der Waals surface area (Å²) in [5, 5.41) is 51.9. The lowest BCUT2D eigenvalue weighted by molar-refractivity contribution is -0.130. The van der Waals surface area contributed by atoms with Crippen LogP contribution in [0.5, 0.6) is 0 Å². The molecule has 0 aromatic heterocycles. The zero-order chi connectivity index (χ0) is 23.6. The van der Waals surface area contributed by atoms with Gasteiger partial charge in [-0.2, -0.15) is 10.2 Å². The van der Waals surface area contributed by atoms with Gasteiger partial charge in [-0.05, 0) is 40.5 Å². The zero-order valence-corrected chi connectivity index (χ0v) is 19.2. The second kappa shape index (κ2) is 11.7. The highest BCUT2D eigenvalue weighted by molar-refractivity contribution is 5.87. The highest BCUT2D eigenvalue weighted by Gasteiger charge is 2.39. The van der Waals surface area contributed by atoms with Gasteiger partial charge in [0.05, 0.1) is 37.5 Å². The van der Waals surface area contributed by atoms with E-state index in [2.05, 4.69) is 20.9 Å². The van der Waals surface area contributed by atoms with E-state index >= 15 is 0 Å². The molecule has 0 aliphatic heterocycles. The second-order valence-electron chi connectivity index (χ2n) is 8.92. The first kappa shape index (κ1) is 28.4. The quantitative estimate of drug-likeness (QED) is 0.216. The van der Waals surface area contributed by atoms with Gasteiger partial charge in [0.2, 0.25) is 11.8 Å². The summed E-state index contributed by atoms with van der Waals surface area (Å²) in [4.78, 5) is 25.4. The molecule has 0 aromatic rings. The lowest BCUT2D eigenvalue weighted by atomic mass is 9.93. The molecule has 6 N–H and O–H groups in total. The topological polar surface area (TPSA) is 164 Å². The summed E-state index contributed by atoms with van der Waals surface area (Å²) < 4.78 is 0. The molecule has 0 unspecified atom stereocenters. The summed E-state index contributed by atoms with van der Waals surface area (Å²) in [6, 6.07) is 0. The first-order valence-electron chi connectivity index (χ1n) is 10.4. The Morgan fingerprint density at radius 1 is 0.667 bits per heavy atom.